The van der Waals surface area contributed by atoms with Gasteiger partial charge in [-0.1, -0.05) is 40.0 Å². The Bertz CT molecular complexity index is 1270. The molecule has 45 heavy (non-hydrogen) atoms. The van der Waals surface area contributed by atoms with Gasteiger partial charge < -0.3 is 34.7 Å². The minimum Gasteiger partial charge on any atom is -0.540 e. The van der Waals surface area contributed by atoms with Crippen molar-refractivity contribution in [3.05, 3.63) is 34.2 Å². The minimum atomic E-state index is -2.86. The Balaban J connectivity index is 0.000000605. The fourth-order valence-corrected chi connectivity index (χ4v) is 5.51. The molecule has 4 atom stereocenters. The molecule has 2 aromatic rings. The van der Waals surface area contributed by atoms with Crippen LogP contribution in [0.3, 0.4) is 0 Å². The number of likely N-dealkylation sites (tertiary alicyclic amines) is 1. The number of nitrogens with zero attached hydrogens (tertiary/aromatic N) is 2. The van der Waals surface area contributed by atoms with Gasteiger partial charge in [-0.05, 0) is 68.7 Å². The van der Waals surface area contributed by atoms with Crippen LogP contribution < -0.4 is 16.0 Å². The van der Waals surface area contributed by atoms with E-state index in [1.807, 2.05) is 12.1 Å². The van der Waals surface area contributed by atoms with E-state index in [1.165, 1.54) is 31.1 Å². The van der Waals surface area contributed by atoms with Gasteiger partial charge in [0.25, 0.3) is 5.56 Å². The number of likely N-dealkylation sites (N-methyl/N-ethyl adjacent to an activating group) is 1. The fourth-order valence-electron chi connectivity index (χ4n) is 5.51. The number of methoxy groups -OCH3 is 1. The van der Waals surface area contributed by atoms with E-state index in [0.717, 1.165) is 43.9 Å². The van der Waals surface area contributed by atoms with Crippen LogP contribution in [-0.4, -0.2) is 78.7 Å². The second-order valence-corrected chi connectivity index (χ2v) is 12.4. The molecule has 1 saturated carbocycles. The first-order valence-corrected chi connectivity index (χ1v) is 15.1. The van der Waals surface area contributed by atoms with E-state index in [1.54, 1.807) is 13.2 Å². The molecule has 1 aliphatic heterocycles. The van der Waals surface area contributed by atoms with Crippen LogP contribution in [0, 0.1) is 11.3 Å². The van der Waals surface area contributed by atoms with Gasteiger partial charge in [0.05, 0.1) is 24.2 Å². The summed E-state index contributed by atoms with van der Waals surface area (Å²) >= 11 is 0. The Morgan fingerprint density at radius 2 is 1.91 bits per heavy atom. The molecule has 0 spiro atoms. The van der Waals surface area contributed by atoms with Gasteiger partial charge in [-0.25, -0.2) is 20.1 Å². The standard InChI is InChI=1S/C25H36N2O4.C6H8F2NO.CH3NO.V/c1-25(2,3)23(16-28)31-22-12-8-10-17(22)9-6-5-7-11-20-24(29)27-21-15-18(30-4)13-14-19(21)26-20;1-9-3-2-6(7,8)5(9)4-10;2-1-3;/h13-17,22-23H,5-12H2,1-4H3,(H,27,29);5H,2-3H2,1H3;1H,(H2,2,3);/q;-1;;/t17?,22-,23-;;;/m1.../s1. The van der Waals surface area contributed by atoms with Gasteiger partial charge in [0.2, 0.25) is 12.3 Å². The summed E-state index contributed by atoms with van der Waals surface area (Å²) < 4.78 is 36.5. The summed E-state index contributed by atoms with van der Waals surface area (Å²) in [6.45, 7) is 6.42. The van der Waals surface area contributed by atoms with E-state index in [0.29, 0.717) is 29.3 Å². The molecule has 10 nitrogen and oxygen atoms in total. The molecule has 1 aromatic heterocycles. The number of nitrogens with one attached hydrogen (secondary N) is 1. The number of carbonyl (C=O) groups excluding carboxylic acids is 3. The number of nitrogens with two attached hydrogens (primary N) is 1. The number of carbonyl (C=O) groups is 2. The third kappa shape index (κ3) is 12.2. The molecule has 251 valence electrons. The van der Waals surface area contributed by atoms with Crippen molar-refractivity contribution < 1.29 is 51.2 Å². The number of alkyl halides is 2. The summed E-state index contributed by atoms with van der Waals surface area (Å²) in [6.07, 6.45) is 10.4. The number of rotatable bonds is 11. The van der Waals surface area contributed by atoms with Crippen molar-refractivity contribution in [1.29, 1.82) is 0 Å². The van der Waals surface area contributed by atoms with Gasteiger partial charge in [0.1, 0.15) is 23.8 Å². The summed E-state index contributed by atoms with van der Waals surface area (Å²) in [5.41, 5.74) is 5.96. The van der Waals surface area contributed by atoms with Crippen molar-refractivity contribution in [3.8, 4) is 5.75 Å². The molecule has 2 heterocycles. The van der Waals surface area contributed by atoms with Crippen molar-refractivity contribution in [1.82, 2.24) is 14.9 Å². The normalized spacial score (nSPS) is 21.4. The molecule has 2 unspecified atom stereocenters. The molecular formula is C32H47F2N4O6V-. The number of aldehydes is 1. The number of fused-ring (bicyclic) bond motifs is 1. The van der Waals surface area contributed by atoms with Crippen LogP contribution in [0.1, 0.15) is 77.8 Å². The Kier molecular flexibility index (Phi) is 17.1. The number of H-pyrrole nitrogens is 1. The Morgan fingerprint density at radius 1 is 1.22 bits per heavy atom. The number of halogens is 2. The molecule has 1 saturated heterocycles. The van der Waals surface area contributed by atoms with Crippen molar-refractivity contribution in [2.75, 3.05) is 20.7 Å². The van der Waals surface area contributed by atoms with Crippen LogP contribution in [-0.2, 0) is 44.1 Å². The number of hydrogen-bond donors (Lipinski definition) is 2. The van der Waals surface area contributed by atoms with Crippen molar-refractivity contribution in [2.24, 2.45) is 17.1 Å². The Labute approximate surface area is 276 Å². The monoisotopic (exact) mass is 672 g/mol. The number of aromatic nitrogens is 2. The molecular weight excluding hydrogens is 625 g/mol. The number of aryl methyl sites for hydroxylation is 1. The number of unbranched alkanes of at least 4 members (excludes halogenated alkanes) is 2. The van der Waals surface area contributed by atoms with E-state index in [9.17, 15) is 23.2 Å². The van der Waals surface area contributed by atoms with E-state index in [-0.39, 0.29) is 61.1 Å². The molecule has 3 N–H and O–H groups in total. The summed E-state index contributed by atoms with van der Waals surface area (Å²) in [4.78, 5) is 51.2. The number of hydrogen-bond acceptors (Lipinski definition) is 8. The van der Waals surface area contributed by atoms with Crippen LogP contribution in [0.15, 0.2) is 23.0 Å². The number of amides is 1. The number of primary amides is 1. The predicted octanol–water partition coefficient (Wildman–Crippen LogP) is 4.37. The third-order valence-electron chi connectivity index (χ3n) is 8.10. The van der Waals surface area contributed by atoms with Crippen LogP contribution >= 0.6 is 0 Å². The van der Waals surface area contributed by atoms with E-state index >= 15 is 0 Å². The molecule has 4 rings (SSSR count). The van der Waals surface area contributed by atoms with Crippen molar-refractivity contribution in [3.63, 3.8) is 0 Å². The summed E-state index contributed by atoms with van der Waals surface area (Å²) in [5, 5.41) is 0. The van der Waals surface area contributed by atoms with Gasteiger partial charge in [-0.15, -0.1) is 0 Å². The molecule has 2 aliphatic rings. The van der Waals surface area contributed by atoms with Gasteiger partial charge in [-0.3, -0.25) is 9.59 Å². The maximum Gasteiger partial charge on any atom is 0.270 e. The minimum absolute atomic E-state index is 0. The van der Waals surface area contributed by atoms with Crippen LogP contribution in [0.25, 0.3) is 11.0 Å². The molecule has 0 bridgehead atoms. The van der Waals surface area contributed by atoms with E-state index in [2.05, 4.69) is 36.5 Å². The quantitative estimate of drug-likeness (QED) is 0.204. The first-order valence-electron chi connectivity index (χ1n) is 15.1. The first-order chi connectivity index (χ1) is 20.8. The molecule has 13 heteroatoms. The predicted molar refractivity (Wildman–Crippen MR) is 165 cm³/mol. The maximum absolute atomic E-state index is 12.6. The summed E-state index contributed by atoms with van der Waals surface area (Å²) in [5.74, 6) is -1.63. The number of aromatic amines is 1. The maximum atomic E-state index is 12.6. The summed E-state index contributed by atoms with van der Waals surface area (Å²) in [6, 6.07) is 4.19. The fraction of sp³-hybridized carbons (Fsp3) is 0.656. The SMILES string of the molecule is CN1CCC(F)(F)C1[C-]=O.COc1ccc2nc(CCCCCC3CCC[C@H]3O[C@H](C=O)C(C)(C)C)c(=O)[nH]c2c1.NC=O.[V]. The largest absolute Gasteiger partial charge is 0.540 e. The average molecular weight is 673 g/mol. The van der Waals surface area contributed by atoms with Crippen LogP contribution in [0.4, 0.5) is 8.78 Å². The zero-order valence-electron chi connectivity index (χ0n) is 26.9. The topological polar surface area (TPSA) is 145 Å². The molecule has 1 amide bonds. The molecule has 1 aliphatic carbocycles. The smallest absolute Gasteiger partial charge is 0.270 e. The second kappa shape index (κ2) is 19.1. The van der Waals surface area contributed by atoms with Crippen molar-refractivity contribution in [2.45, 2.75) is 103 Å². The van der Waals surface area contributed by atoms with Gasteiger partial charge >= 0.3 is 0 Å². The first kappa shape index (κ1) is 40.4. The van der Waals surface area contributed by atoms with E-state index in [4.69, 9.17) is 14.3 Å². The van der Waals surface area contributed by atoms with Gasteiger partial charge in [-0.2, -0.15) is 0 Å². The van der Waals surface area contributed by atoms with E-state index < -0.39 is 12.0 Å². The zero-order chi connectivity index (χ0) is 32.9. The average Bonchev–Trinajstić information content (AvgIpc) is 3.52. The third-order valence-corrected chi connectivity index (χ3v) is 8.10. The molecule has 1 radical (unpaired) electrons. The second-order valence-electron chi connectivity index (χ2n) is 12.4. The van der Waals surface area contributed by atoms with Gasteiger partial charge in [0.15, 0.2) is 0 Å². The molecule has 2 fully saturated rings. The Morgan fingerprint density at radius 3 is 2.44 bits per heavy atom. The van der Waals surface area contributed by atoms with Crippen molar-refractivity contribution >= 4 is 30.0 Å². The zero-order valence-corrected chi connectivity index (χ0v) is 28.3. The number of ether oxygens (including phenoxy) is 2. The van der Waals surface area contributed by atoms with Crippen LogP contribution in [0.2, 0.25) is 0 Å². The van der Waals surface area contributed by atoms with Crippen LogP contribution in [0.5, 0.6) is 5.75 Å². The summed E-state index contributed by atoms with van der Waals surface area (Å²) in [7, 11) is 3.10. The van der Waals surface area contributed by atoms with Gasteiger partial charge in [0, 0.05) is 37.6 Å². The molecule has 1 aromatic carbocycles. The Hall–Kier alpha value is -2.67. The number of benzene rings is 1.